The van der Waals surface area contributed by atoms with Crippen molar-refractivity contribution in [3.05, 3.63) is 83.8 Å². The maximum absolute atomic E-state index is 13.3. The quantitative estimate of drug-likeness (QED) is 0.387. The number of hydrogen-bond donors (Lipinski definition) is 1. The first-order valence-corrected chi connectivity index (χ1v) is 12.1. The molecule has 1 N–H and O–H groups in total. The first-order chi connectivity index (χ1) is 16.9. The van der Waals surface area contributed by atoms with Crippen molar-refractivity contribution in [2.24, 2.45) is 0 Å². The van der Waals surface area contributed by atoms with Gasteiger partial charge in [-0.1, -0.05) is 25.1 Å². The van der Waals surface area contributed by atoms with Crippen LogP contribution in [0.1, 0.15) is 55.6 Å². The number of aromatic nitrogens is 1. The van der Waals surface area contributed by atoms with Gasteiger partial charge in [0.15, 0.2) is 0 Å². The number of benzene rings is 2. The maximum Gasteiger partial charge on any atom is 0.342 e. The molecular formula is C28H32FN3O3. The first-order valence-electron chi connectivity index (χ1n) is 12.1. The Balaban J connectivity index is 1.47. The van der Waals surface area contributed by atoms with Gasteiger partial charge in [-0.15, -0.1) is 0 Å². The second kappa shape index (κ2) is 11.3. The van der Waals surface area contributed by atoms with Gasteiger partial charge in [-0.25, -0.2) is 14.2 Å². The lowest BCUT2D eigenvalue weighted by Crippen LogP contribution is -2.36. The number of nitrogens with zero attached hydrogens (tertiary/aromatic N) is 2. The number of halogens is 1. The topological polar surface area (TPSA) is 63.7 Å². The van der Waals surface area contributed by atoms with Crippen LogP contribution in [0.5, 0.6) is 11.5 Å². The molecule has 35 heavy (non-hydrogen) atoms. The molecule has 2 aromatic carbocycles. The SMILES string of the molecule is CCC(N[C@H]1CCN(c2ncccc2C(=O)OC(C)C)C1)c1ccccc1Oc1ccc(F)cc1. The number of carbonyl (C=O) groups is 1. The maximum atomic E-state index is 13.3. The van der Waals surface area contributed by atoms with Gasteiger partial charge in [0.1, 0.15) is 28.7 Å². The van der Waals surface area contributed by atoms with E-state index in [2.05, 4.69) is 28.2 Å². The highest BCUT2D eigenvalue weighted by molar-refractivity contribution is 5.95. The van der Waals surface area contributed by atoms with Crippen molar-refractivity contribution >= 4 is 11.8 Å². The Morgan fingerprint density at radius 3 is 2.66 bits per heavy atom. The molecule has 0 spiro atoms. The molecule has 0 radical (unpaired) electrons. The van der Waals surface area contributed by atoms with Crippen LogP contribution in [-0.4, -0.2) is 36.2 Å². The van der Waals surface area contributed by atoms with Gasteiger partial charge in [-0.05, 0) is 69.2 Å². The van der Waals surface area contributed by atoms with Crippen LogP contribution in [0.25, 0.3) is 0 Å². The number of pyridine rings is 1. The summed E-state index contributed by atoms with van der Waals surface area (Å²) in [4.78, 5) is 19.2. The Hall–Kier alpha value is -3.45. The molecule has 7 heteroatoms. The molecule has 1 aromatic heterocycles. The van der Waals surface area contributed by atoms with E-state index >= 15 is 0 Å². The second-order valence-corrected chi connectivity index (χ2v) is 8.98. The first kappa shape index (κ1) is 24.7. The molecular weight excluding hydrogens is 445 g/mol. The number of anilines is 1. The number of esters is 1. The lowest BCUT2D eigenvalue weighted by Gasteiger charge is -2.25. The number of carbonyl (C=O) groups excluding carboxylic acids is 1. The largest absolute Gasteiger partial charge is 0.459 e. The van der Waals surface area contributed by atoms with E-state index < -0.39 is 0 Å². The Morgan fingerprint density at radius 2 is 1.91 bits per heavy atom. The highest BCUT2D eigenvalue weighted by atomic mass is 19.1. The van der Waals surface area contributed by atoms with Crippen LogP contribution in [0.3, 0.4) is 0 Å². The molecule has 1 unspecified atom stereocenters. The van der Waals surface area contributed by atoms with Crippen LogP contribution in [0, 0.1) is 5.82 Å². The molecule has 0 amide bonds. The predicted octanol–water partition coefficient (Wildman–Crippen LogP) is 5.90. The zero-order chi connectivity index (χ0) is 24.8. The predicted molar refractivity (Wildman–Crippen MR) is 134 cm³/mol. The average Bonchev–Trinajstić information content (AvgIpc) is 3.32. The lowest BCUT2D eigenvalue weighted by atomic mass is 10.0. The third-order valence-electron chi connectivity index (χ3n) is 6.02. The van der Waals surface area contributed by atoms with E-state index in [0.717, 1.165) is 37.2 Å². The summed E-state index contributed by atoms with van der Waals surface area (Å²) in [6.45, 7) is 7.34. The zero-order valence-electron chi connectivity index (χ0n) is 20.4. The molecule has 1 aliphatic rings. The van der Waals surface area contributed by atoms with Crippen LogP contribution < -0.4 is 15.0 Å². The molecule has 184 valence electrons. The lowest BCUT2D eigenvalue weighted by molar-refractivity contribution is 0.0378. The van der Waals surface area contributed by atoms with E-state index in [1.165, 1.54) is 12.1 Å². The smallest absolute Gasteiger partial charge is 0.342 e. The van der Waals surface area contributed by atoms with Crippen molar-refractivity contribution in [1.29, 1.82) is 0 Å². The van der Waals surface area contributed by atoms with Crippen molar-refractivity contribution in [3.63, 3.8) is 0 Å². The normalized spacial score (nSPS) is 16.4. The molecule has 2 atom stereocenters. The van der Waals surface area contributed by atoms with Gasteiger partial charge in [0.25, 0.3) is 0 Å². The van der Waals surface area contributed by atoms with Gasteiger partial charge in [-0.2, -0.15) is 0 Å². The molecule has 1 saturated heterocycles. The summed E-state index contributed by atoms with van der Waals surface area (Å²) in [5, 5.41) is 3.77. The second-order valence-electron chi connectivity index (χ2n) is 8.98. The fourth-order valence-electron chi connectivity index (χ4n) is 4.38. The fraction of sp³-hybridized carbons (Fsp3) is 0.357. The summed E-state index contributed by atoms with van der Waals surface area (Å²) in [6, 6.07) is 17.8. The molecule has 0 saturated carbocycles. The number of hydrogen-bond acceptors (Lipinski definition) is 6. The minimum Gasteiger partial charge on any atom is -0.459 e. The molecule has 1 fully saturated rings. The molecule has 6 nitrogen and oxygen atoms in total. The summed E-state index contributed by atoms with van der Waals surface area (Å²) in [5.74, 6) is 1.36. The van der Waals surface area contributed by atoms with E-state index in [-0.39, 0.29) is 30.0 Å². The minimum atomic E-state index is -0.349. The van der Waals surface area contributed by atoms with E-state index in [1.54, 1.807) is 30.5 Å². The number of nitrogens with one attached hydrogen (secondary N) is 1. The fourth-order valence-corrected chi connectivity index (χ4v) is 4.38. The standard InChI is InChI=1S/C28H32FN3O3/c1-4-25(23-8-5-6-10-26(23)35-22-13-11-20(29)12-14-22)31-21-15-17-32(18-21)27-24(9-7-16-30-27)28(33)34-19(2)3/h5-14,16,19,21,25,31H,4,15,17-18H2,1-3H3/t21-,25?/m0/s1. The third-order valence-corrected chi connectivity index (χ3v) is 6.02. The third kappa shape index (κ3) is 6.17. The van der Waals surface area contributed by atoms with Crippen LogP contribution in [-0.2, 0) is 4.74 Å². The van der Waals surface area contributed by atoms with Crippen molar-refractivity contribution in [3.8, 4) is 11.5 Å². The number of para-hydroxylation sites is 1. The van der Waals surface area contributed by atoms with E-state index in [4.69, 9.17) is 9.47 Å². The summed E-state index contributed by atoms with van der Waals surface area (Å²) in [6.07, 6.45) is 3.31. The number of rotatable bonds is 9. The van der Waals surface area contributed by atoms with Gasteiger partial charge in [-0.3, -0.25) is 0 Å². The van der Waals surface area contributed by atoms with Gasteiger partial charge in [0, 0.05) is 36.9 Å². The Bertz CT molecular complexity index is 1140. The van der Waals surface area contributed by atoms with Crippen molar-refractivity contribution < 1.29 is 18.7 Å². The van der Waals surface area contributed by atoms with Crippen LogP contribution in [0.15, 0.2) is 66.9 Å². The van der Waals surface area contributed by atoms with Crippen molar-refractivity contribution in [2.75, 3.05) is 18.0 Å². The Kier molecular flexibility index (Phi) is 7.98. The molecule has 0 bridgehead atoms. The molecule has 3 aromatic rings. The van der Waals surface area contributed by atoms with E-state index in [9.17, 15) is 9.18 Å². The Morgan fingerprint density at radius 1 is 1.14 bits per heavy atom. The van der Waals surface area contributed by atoms with Gasteiger partial charge in [0.05, 0.1) is 6.10 Å². The molecule has 2 heterocycles. The van der Waals surface area contributed by atoms with E-state index in [0.29, 0.717) is 17.1 Å². The zero-order valence-corrected chi connectivity index (χ0v) is 20.4. The van der Waals surface area contributed by atoms with Crippen molar-refractivity contribution in [2.45, 2.75) is 51.8 Å². The summed E-state index contributed by atoms with van der Waals surface area (Å²) in [5.41, 5.74) is 1.55. The van der Waals surface area contributed by atoms with Gasteiger partial charge >= 0.3 is 5.97 Å². The molecule has 4 rings (SSSR count). The van der Waals surface area contributed by atoms with Crippen LogP contribution in [0.2, 0.25) is 0 Å². The average molecular weight is 478 g/mol. The van der Waals surface area contributed by atoms with Crippen molar-refractivity contribution in [1.82, 2.24) is 10.3 Å². The highest BCUT2D eigenvalue weighted by Crippen LogP contribution is 2.32. The van der Waals surface area contributed by atoms with E-state index in [1.807, 2.05) is 32.0 Å². The monoisotopic (exact) mass is 477 g/mol. The highest BCUT2D eigenvalue weighted by Gasteiger charge is 2.29. The summed E-state index contributed by atoms with van der Waals surface area (Å²) < 4.78 is 24.8. The summed E-state index contributed by atoms with van der Waals surface area (Å²) in [7, 11) is 0. The van der Waals surface area contributed by atoms with Gasteiger partial charge in [0.2, 0.25) is 0 Å². The molecule has 1 aliphatic heterocycles. The summed E-state index contributed by atoms with van der Waals surface area (Å²) >= 11 is 0. The van der Waals surface area contributed by atoms with Crippen LogP contribution >= 0.6 is 0 Å². The van der Waals surface area contributed by atoms with Gasteiger partial charge < -0.3 is 19.7 Å². The minimum absolute atomic E-state index is 0.0747. The Labute approximate surface area is 206 Å². The number of ether oxygens (including phenoxy) is 2. The molecule has 0 aliphatic carbocycles. The van der Waals surface area contributed by atoms with Crippen LogP contribution in [0.4, 0.5) is 10.2 Å².